The third-order valence-electron chi connectivity index (χ3n) is 3.69. The van der Waals surface area contributed by atoms with Gasteiger partial charge >= 0.3 is 0 Å². The van der Waals surface area contributed by atoms with Crippen molar-refractivity contribution in [2.75, 3.05) is 5.73 Å². The van der Waals surface area contributed by atoms with Gasteiger partial charge in [-0.3, -0.25) is 4.79 Å². The second kappa shape index (κ2) is 7.07. The minimum Gasteiger partial charge on any atom is -0.383 e. The Morgan fingerprint density at radius 3 is 2.71 bits per heavy atom. The third-order valence-corrected chi connectivity index (χ3v) is 3.69. The number of nitrogen functional groups attached to an aromatic ring is 1. The van der Waals surface area contributed by atoms with Crippen LogP contribution in [0.4, 0.5) is 5.82 Å². The van der Waals surface area contributed by atoms with Crippen molar-refractivity contribution < 1.29 is 4.79 Å². The summed E-state index contributed by atoms with van der Waals surface area (Å²) in [7, 11) is 0. The minimum absolute atomic E-state index is 0.0808. The fraction of sp³-hybridized carbons (Fsp3) is 0.412. The van der Waals surface area contributed by atoms with Crippen molar-refractivity contribution in [3.63, 3.8) is 0 Å². The molecule has 0 spiro atoms. The van der Waals surface area contributed by atoms with E-state index in [4.69, 9.17) is 5.73 Å². The summed E-state index contributed by atoms with van der Waals surface area (Å²) >= 11 is 0. The number of aromatic nitrogens is 1. The number of fused-ring (bicyclic) bond motifs is 1. The fourth-order valence-electron chi connectivity index (χ4n) is 2.47. The zero-order valence-electron chi connectivity index (χ0n) is 12.7. The summed E-state index contributed by atoms with van der Waals surface area (Å²) in [5.74, 6) is 0.376. The van der Waals surface area contributed by atoms with E-state index in [1.165, 1.54) is 12.8 Å². The maximum Gasteiger partial charge on any atom is 0.253 e. The molecule has 2 rings (SSSR count). The van der Waals surface area contributed by atoms with Crippen molar-refractivity contribution in [3.05, 3.63) is 36.0 Å². The molecule has 112 valence electrons. The minimum atomic E-state index is -0.0808. The molecule has 1 atom stereocenters. The maximum atomic E-state index is 12.4. The molecule has 3 N–H and O–H groups in total. The summed E-state index contributed by atoms with van der Waals surface area (Å²) in [6, 6.07) is 7.77. The lowest BCUT2D eigenvalue weighted by atomic mass is 10.1. The maximum absolute atomic E-state index is 12.4. The quantitative estimate of drug-likeness (QED) is 0.798. The number of nitrogens with one attached hydrogen (secondary N) is 1. The van der Waals surface area contributed by atoms with E-state index in [9.17, 15) is 4.79 Å². The van der Waals surface area contributed by atoms with Crippen molar-refractivity contribution in [1.29, 1.82) is 0 Å². The Labute approximate surface area is 125 Å². The van der Waals surface area contributed by atoms with Gasteiger partial charge in [-0.1, -0.05) is 50.5 Å². The zero-order chi connectivity index (χ0) is 15.2. The number of hydrogen-bond acceptors (Lipinski definition) is 3. The topological polar surface area (TPSA) is 68.0 Å². The number of carbonyl (C=O) groups excluding carboxylic acids is 1. The van der Waals surface area contributed by atoms with E-state index in [2.05, 4.69) is 17.2 Å². The van der Waals surface area contributed by atoms with E-state index in [0.29, 0.717) is 11.4 Å². The van der Waals surface area contributed by atoms with Crippen molar-refractivity contribution in [1.82, 2.24) is 10.3 Å². The van der Waals surface area contributed by atoms with Gasteiger partial charge in [0.25, 0.3) is 5.91 Å². The number of carbonyl (C=O) groups is 1. The monoisotopic (exact) mass is 285 g/mol. The van der Waals surface area contributed by atoms with Crippen LogP contribution in [0, 0.1) is 0 Å². The van der Waals surface area contributed by atoms with Crippen molar-refractivity contribution in [2.24, 2.45) is 0 Å². The van der Waals surface area contributed by atoms with E-state index >= 15 is 0 Å². The van der Waals surface area contributed by atoms with E-state index in [1.54, 1.807) is 6.20 Å². The fourth-order valence-corrected chi connectivity index (χ4v) is 2.47. The third kappa shape index (κ3) is 3.72. The number of nitrogens with two attached hydrogens (primary N) is 1. The van der Waals surface area contributed by atoms with Gasteiger partial charge in [-0.2, -0.15) is 0 Å². The predicted molar refractivity (Wildman–Crippen MR) is 87.2 cm³/mol. The number of pyridine rings is 1. The Morgan fingerprint density at radius 1 is 1.29 bits per heavy atom. The summed E-state index contributed by atoms with van der Waals surface area (Å²) in [6.07, 6.45) is 6.09. The molecule has 0 radical (unpaired) electrons. The number of nitrogens with zero attached hydrogens (tertiary/aromatic N) is 1. The second-order valence-electron chi connectivity index (χ2n) is 5.47. The van der Waals surface area contributed by atoms with Crippen LogP contribution in [0.15, 0.2) is 30.5 Å². The number of rotatable bonds is 6. The standard InChI is InChI=1S/C17H23N3O/c1-3-4-5-8-12(2)20-17(21)15-11-19-16(18)14-10-7-6-9-13(14)15/h6-7,9-12H,3-5,8H2,1-2H3,(H2,18,19)(H,20,21). The lowest BCUT2D eigenvalue weighted by Crippen LogP contribution is -2.32. The van der Waals surface area contributed by atoms with Crippen molar-refractivity contribution >= 4 is 22.5 Å². The number of unbranched alkanes of at least 4 members (excludes halogenated alkanes) is 2. The van der Waals surface area contributed by atoms with Crippen LogP contribution >= 0.6 is 0 Å². The smallest absolute Gasteiger partial charge is 0.253 e. The van der Waals surface area contributed by atoms with Crippen molar-refractivity contribution in [3.8, 4) is 0 Å². The Morgan fingerprint density at radius 2 is 2.00 bits per heavy atom. The van der Waals surface area contributed by atoms with Crippen LogP contribution in [0.2, 0.25) is 0 Å². The van der Waals surface area contributed by atoms with Gasteiger partial charge in [0.1, 0.15) is 5.82 Å². The molecule has 4 heteroatoms. The molecular formula is C17H23N3O. The van der Waals surface area contributed by atoms with Gasteiger partial charge in [-0.05, 0) is 18.7 Å². The lowest BCUT2D eigenvalue weighted by molar-refractivity contribution is 0.0939. The zero-order valence-corrected chi connectivity index (χ0v) is 12.7. The van der Waals surface area contributed by atoms with E-state index in [0.717, 1.165) is 23.6 Å². The second-order valence-corrected chi connectivity index (χ2v) is 5.47. The number of hydrogen-bond donors (Lipinski definition) is 2. The normalized spacial score (nSPS) is 12.3. The first-order chi connectivity index (χ1) is 10.1. The molecule has 1 unspecified atom stereocenters. The van der Waals surface area contributed by atoms with Crippen LogP contribution in [0.1, 0.15) is 49.9 Å². The largest absolute Gasteiger partial charge is 0.383 e. The molecule has 0 fully saturated rings. The highest BCUT2D eigenvalue weighted by molar-refractivity contribution is 6.09. The first-order valence-electron chi connectivity index (χ1n) is 7.57. The molecule has 0 bridgehead atoms. The molecule has 0 aliphatic heterocycles. The van der Waals surface area contributed by atoms with Crippen molar-refractivity contribution in [2.45, 2.75) is 45.6 Å². The number of anilines is 1. The highest BCUT2D eigenvalue weighted by atomic mass is 16.1. The first kappa shape index (κ1) is 15.3. The molecule has 4 nitrogen and oxygen atoms in total. The molecule has 0 aliphatic carbocycles. The Balaban J connectivity index is 2.15. The van der Waals surface area contributed by atoms with E-state index in [-0.39, 0.29) is 11.9 Å². The Hall–Kier alpha value is -2.10. The molecule has 2 aromatic rings. The highest BCUT2D eigenvalue weighted by Crippen LogP contribution is 2.22. The van der Waals surface area contributed by atoms with E-state index < -0.39 is 0 Å². The average Bonchev–Trinajstić information content (AvgIpc) is 2.48. The summed E-state index contributed by atoms with van der Waals surface area (Å²) in [5.41, 5.74) is 6.45. The number of benzene rings is 1. The summed E-state index contributed by atoms with van der Waals surface area (Å²) < 4.78 is 0. The highest BCUT2D eigenvalue weighted by Gasteiger charge is 2.14. The van der Waals surface area contributed by atoms with Crippen LogP contribution in [-0.4, -0.2) is 16.9 Å². The molecule has 1 amide bonds. The Kier molecular flexibility index (Phi) is 5.14. The molecule has 1 heterocycles. The summed E-state index contributed by atoms with van der Waals surface area (Å²) in [6.45, 7) is 4.22. The van der Waals surface area contributed by atoms with E-state index in [1.807, 2.05) is 31.2 Å². The number of amides is 1. The van der Waals surface area contributed by atoms with Crippen LogP contribution in [-0.2, 0) is 0 Å². The van der Waals surface area contributed by atoms with Crippen LogP contribution in [0.3, 0.4) is 0 Å². The first-order valence-corrected chi connectivity index (χ1v) is 7.57. The van der Waals surface area contributed by atoms with Gasteiger partial charge < -0.3 is 11.1 Å². The molecule has 1 aromatic heterocycles. The lowest BCUT2D eigenvalue weighted by Gasteiger charge is -2.15. The van der Waals surface area contributed by atoms with Gasteiger partial charge in [0.2, 0.25) is 0 Å². The molecular weight excluding hydrogens is 262 g/mol. The molecule has 0 aliphatic rings. The van der Waals surface area contributed by atoms with Gasteiger partial charge in [-0.15, -0.1) is 0 Å². The SMILES string of the molecule is CCCCCC(C)NC(=O)c1cnc(N)c2ccccc12. The van der Waals surface area contributed by atoms with Crippen LogP contribution < -0.4 is 11.1 Å². The van der Waals surface area contributed by atoms with Gasteiger partial charge in [0, 0.05) is 17.6 Å². The Bertz CT molecular complexity index is 624. The average molecular weight is 285 g/mol. The summed E-state index contributed by atoms with van der Waals surface area (Å²) in [5, 5.41) is 4.72. The molecule has 0 saturated carbocycles. The molecule has 1 aromatic carbocycles. The molecule has 21 heavy (non-hydrogen) atoms. The van der Waals surface area contributed by atoms with Gasteiger partial charge in [0.15, 0.2) is 0 Å². The van der Waals surface area contributed by atoms with Crippen LogP contribution in [0.25, 0.3) is 10.8 Å². The molecule has 0 saturated heterocycles. The van der Waals surface area contributed by atoms with Crippen LogP contribution in [0.5, 0.6) is 0 Å². The van der Waals surface area contributed by atoms with Gasteiger partial charge in [-0.25, -0.2) is 4.98 Å². The van der Waals surface area contributed by atoms with Gasteiger partial charge in [0.05, 0.1) is 5.56 Å². The summed E-state index contributed by atoms with van der Waals surface area (Å²) in [4.78, 5) is 16.5. The predicted octanol–water partition coefficient (Wildman–Crippen LogP) is 3.52.